The molecule has 0 spiro atoms. The summed E-state index contributed by atoms with van der Waals surface area (Å²) in [5.41, 5.74) is 2.84. The maximum absolute atomic E-state index is 3.74. The van der Waals surface area contributed by atoms with Crippen molar-refractivity contribution in [3.63, 3.8) is 0 Å². The van der Waals surface area contributed by atoms with Gasteiger partial charge in [0.25, 0.3) is 0 Å². The van der Waals surface area contributed by atoms with Crippen LogP contribution < -0.4 is 0 Å². The fraction of sp³-hybridized carbons (Fsp3) is 0.500. The zero-order valence-electron chi connectivity index (χ0n) is 10.5. The molecule has 0 saturated heterocycles. The van der Waals surface area contributed by atoms with E-state index in [1.807, 2.05) is 6.08 Å². The van der Waals surface area contributed by atoms with E-state index in [1.165, 1.54) is 49.7 Å². The molecule has 0 nitrogen and oxygen atoms in total. The van der Waals surface area contributed by atoms with Crippen LogP contribution in [0.3, 0.4) is 0 Å². The number of hydrogen-bond acceptors (Lipinski definition) is 0. The molecule has 0 unspecified atom stereocenters. The third-order valence-electron chi connectivity index (χ3n) is 2.82. The lowest BCUT2D eigenvalue weighted by Crippen LogP contribution is -1.89. The van der Waals surface area contributed by atoms with Crippen molar-refractivity contribution < 1.29 is 0 Å². The second-order valence-corrected chi connectivity index (χ2v) is 4.36. The third-order valence-corrected chi connectivity index (χ3v) is 2.82. The summed E-state index contributed by atoms with van der Waals surface area (Å²) in [6, 6.07) is 9.91. The van der Waals surface area contributed by atoms with E-state index in [0.717, 1.165) is 6.42 Å². The normalized spacial score (nSPS) is 10.3. The predicted molar refractivity (Wildman–Crippen MR) is 71.6 cm³/mol. The molecule has 0 heterocycles. The minimum Gasteiger partial charge on any atom is -0.103 e. The average molecular weight is 215 g/mol. The van der Waals surface area contributed by atoms with Crippen LogP contribution in [0.5, 0.6) is 0 Å². The van der Waals surface area contributed by atoms with Crippen molar-refractivity contribution in [3.05, 3.63) is 48.0 Å². The van der Waals surface area contributed by atoms with Crippen LogP contribution in [0.15, 0.2) is 30.9 Å². The predicted octanol–water partition coefficient (Wildman–Crippen LogP) is 4.73. The quantitative estimate of drug-likeness (QED) is 0.434. The molecular weight excluding hydrogens is 192 g/mol. The SMILES string of the molecule is C=CCCCCCc1[c]ccc(CCC)c1. The number of allylic oxidation sites excluding steroid dienone is 1. The fourth-order valence-electron chi connectivity index (χ4n) is 1.94. The molecule has 0 fully saturated rings. The summed E-state index contributed by atoms with van der Waals surface area (Å²) < 4.78 is 0. The minimum absolute atomic E-state index is 1.15. The van der Waals surface area contributed by atoms with E-state index in [0.29, 0.717) is 0 Å². The number of rotatable bonds is 8. The summed E-state index contributed by atoms with van der Waals surface area (Å²) in [6.45, 7) is 5.97. The molecular formula is C16H23. The second-order valence-electron chi connectivity index (χ2n) is 4.36. The van der Waals surface area contributed by atoms with Crippen LogP contribution in [-0.2, 0) is 12.8 Å². The van der Waals surface area contributed by atoms with Gasteiger partial charge in [0.1, 0.15) is 0 Å². The van der Waals surface area contributed by atoms with Crippen molar-refractivity contribution in [1.29, 1.82) is 0 Å². The molecule has 0 aliphatic rings. The average Bonchev–Trinajstić information content (AvgIpc) is 2.30. The Morgan fingerprint density at radius 3 is 2.88 bits per heavy atom. The van der Waals surface area contributed by atoms with Crippen LogP contribution >= 0.6 is 0 Å². The first-order valence-electron chi connectivity index (χ1n) is 6.47. The molecule has 0 aromatic heterocycles. The summed E-state index contributed by atoms with van der Waals surface area (Å²) in [4.78, 5) is 0. The van der Waals surface area contributed by atoms with Gasteiger partial charge in [0, 0.05) is 0 Å². The Kier molecular flexibility index (Phi) is 6.64. The Labute approximate surface area is 100 Å². The highest BCUT2D eigenvalue weighted by molar-refractivity contribution is 5.22. The van der Waals surface area contributed by atoms with E-state index in [2.05, 4.69) is 37.8 Å². The first-order chi connectivity index (χ1) is 7.86. The molecule has 1 aromatic rings. The molecule has 0 atom stereocenters. The number of benzene rings is 1. The third kappa shape index (κ3) is 5.16. The summed E-state index contributed by atoms with van der Waals surface area (Å²) >= 11 is 0. The van der Waals surface area contributed by atoms with Crippen molar-refractivity contribution in [3.8, 4) is 0 Å². The molecule has 87 valence electrons. The number of unbranched alkanes of at least 4 members (excludes halogenated alkanes) is 3. The fourth-order valence-corrected chi connectivity index (χ4v) is 1.94. The summed E-state index contributed by atoms with van der Waals surface area (Å²) in [7, 11) is 0. The van der Waals surface area contributed by atoms with Crippen LogP contribution in [0.4, 0.5) is 0 Å². The van der Waals surface area contributed by atoms with Crippen molar-refractivity contribution in [1.82, 2.24) is 0 Å². The van der Waals surface area contributed by atoms with Gasteiger partial charge in [-0.1, -0.05) is 44.0 Å². The summed E-state index contributed by atoms with van der Waals surface area (Å²) in [5.74, 6) is 0. The highest BCUT2D eigenvalue weighted by Gasteiger charge is 1.96. The van der Waals surface area contributed by atoms with Crippen molar-refractivity contribution in [2.45, 2.75) is 51.9 Å². The lowest BCUT2D eigenvalue weighted by atomic mass is 10.0. The van der Waals surface area contributed by atoms with Gasteiger partial charge in [0.2, 0.25) is 0 Å². The minimum atomic E-state index is 1.15. The van der Waals surface area contributed by atoms with Gasteiger partial charge in [0.15, 0.2) is 0 Å². The van der Waals surface area contributed by atoms with E-state index < -0.39 is 0 Å². The monoisotopic (exact) mass is 215 g/mol. The Bertz CT molecular complexity index is 299. The molecule has 0 N–H and O–H groups in total. The second kappa shape index (κ2) is 8.15. The maximum Gasteiger partial charge on any atom is -0.0149 e. The molecule has 1 rings (SSSR count). The molecule has 0 aliphatic heterocycles. The summed E-state index contributed by atoms with van der Waals surface area (Å²) in [5, 5.41) is 0. The van der Waals surface area contributed by atoms with Crippen LogP contribution in [-0.4, -0.2) is 0 Å². The van der Waals surface area contributed by atoms with Gasteiger partial charge in [-0.3, -0.25) is 0 Å². The van der Waals surface area contributed by atoms with Crippen LogP contribution in [0.1, 0.15) is 50.2 Å². The van der Waals surface area contributed by atoms with E-state index >= 15 is 0 Å². The zero-order chi connectivity index (χ0) is 11.6. The smallest absolute Gasteiger partial charge is 0.0149 e. The molecule has 1 radical (unpaired) electrons. The largest absolute Gasteiger partial charge is 0.103 e. The Balaban J connectivity index is 2.30. The Hall–Kier alpha value is -1.04. The molecule has 0 heteroatoms. The number of hydrogen-bond donors (Lipinski definition) is 0. The molecule has 0 amide bonds. The van der Waals surface area contributed by atoms with Crippen molar-refractivity contribution in [2.24, 2.45) is 0 Å². The van der Waals surface area contributed by atoms with Gasteiger partial charge in [-0.25, -0.2) is 0 Å². The highest BCUT2D eigenvalue weighted by atomic mass is 14.0. The molecule has 0 bridgehead atoms. The first kappa shape index (κ1) is 13.0. The Morgan fingerprint density at radius 2 is 2.12 bits per heavy atom. The lowest BCUT2D eigenvalue weighted by Gasteiger charge is -2.03. The highest BCUT2D eigenvalue weighted by Crippen LogP contribution is 2.11. The van der Waals surface area contributed by atoms with E-state index in [1.54, 1.807) is 0 Å². The van der Waals surface area contributed by atoms with Gasteiger partial charge in [-0.05, 0) is 49.3 Å². The summed E-state index contributed by atoms with van der Waals surface area (Å²) in [6.07, 6.45) is 10.6. The van der Waals surface area contributed by atoms with Crippen LogP contribution in [0.2, 0.25) is 0 Å². The van der Waals surface area contributed by atoms with E-state index in [4.69, 9.17) is 0 Å². The van der Waals surface area contributed by atoms with Crippen LogP contribution in [0.25, 0.3) is 0 Å². The molecule has 0 aliphatic carbocycles. The topological polar surface area (TPSA) is 0 Å². The maximum atomic E-state index is 3.74. The van der Waals surface area contributed by atoms with Gasteiger partial charge in [-0.15, -0.1) is 6.58 Å². The van der Waals surface area contributed by atoms with Gasteiger partial charge < -0.3 is 0 Å². The zero-order valence-corrected chi connectivity index (χ0v) is 10.5. The Morgan fingerprint density at radius 1 is 1.25 bits per heavy atom. The van der Waals surface area contributed by atoms with Crippen molar-refractivity contribution in [2.75, 3.05) is 0 Å². The van der Waals surface area contributed by atoms with Crippen molar-refractivity contribution >= 4 is 0 Å². The standard InChI is InChI=1S/C16H23/c1-3-5-6-7-8-11-16-13-9-12-15(14-16)10-4-2/h3,9,12,14H,1,4-8,10-11H2,2H3. The molecule has 16 heavy (non-hydrogen) atoms. The first-order valence-corrected chi connectivity index (χ1v) is 6.47. The van der Waals surface area contributed by atoms with E-state index in [-0.39, 0.29) is 0 Å². The number of aryl methyl sites for hydroxylation is 2. The van der Waals surface area contributed by atoms with Gasteiger partial charge in [-0.2, -0.15) is 0 Å². The van der Waals surface area contributed by atoms with Gasteiger partial charge in [0.05, 0.1) is 0 Å². The van der Waals surface area contributed by atoms with Crippen LogP contribution in [0, 0.1) is 6.07 Å². The molecule has 0 saturated carbocycles. The molecule has 1 aromatic carbocycles. The van der Waals surface area contributed by atoms with E-state index in [9.17, 15) is 0 Å². The van der Waals surface area contributed by atoms with Gasteiger partial charge >= 0.3 is 0 Å². The lowest BCUT2D eigenvalue weighted by molar-refractivity contribution is 0.686.